The Kier molecular flexibility index (Phi) is 1.65. The minimum Gasteiger partial charge on any atom is -0.396 e. The Labute approximate surface area is 43.1 Å². The van der Waals surface area contributed by atoms with Crippen LogP contribution in [0.4, 0.5) is 0 Å². The van der Waals surface area contributed by atoms with Gasteiger partial charge in [-0.3, -0.25) is 0 Å². The molecule has 1 N–H and O–H groups in total. The van der Waals surface area contributed by atoms with Crippen LogP contribution >= 0.6 is 0 Å². The molecule has 1 heterocycles. The maximum Gasteiger partial charge on any atom is 0.0841 e. The van der Waals surface area contributed by atoms with Crippen LogP contribution in [0.25, 0.3) is 0 Å². The molecule has 0 aliphatic carbocycles. The van der Waals surface area contributed by atoms with Gasteiger partial charge in [-0.1, -0.05) is 0 Å². The molecule has 0 saturated carbocycles. The first-order chi connectivity index (χ1) is 3.43. The molecule has 0 aromatic rings. The van der Waals surface area contributed by atoms with Crippen molar-refractivity contribution in [1.29, 1.82) is 0 Å². The predicted octanol–water partition coefficient (Wildman–Crippen LogP) is 0.177. The Morgan fingerprint density at radius 3 is 3.00 bits per heavy atom. The normalized spacial score (nSPS) is 31.3. The summed E-state index contributed by atoms with van der Waals surface area (Å²) in [6.45, 7) is 2.72. The van der Waals surface area contributed by atoms with Crippen LogP contribution in [0, 0.1) is 12.5 Å². The summed E-state index contributed by atoms with van der Waals surface area (Å²) in [5.74, 6) is 0.375. The summed E-state index contributed by atoms with van der Waals surface area (Å²) in [5, 5.41) is 8.47. The second-order valence-corrected chi connectivity index (χ2v) is 1.78. The highest BCUT2D eigenvalue weighted by molar-refractivity contribution is 4.69. The molecule has 1 fully saturated rings. The van der Waals surface area contributed by atoms with Crippen molar-refractivity contribution in [3.63, 3.8) is 0 Å². The summed E-state index contributed by atoms with van der Waals surface area (Å²) in [7, 11) is 0. The molecular formula is C5H9O2. The SMILES string of the molecule is OCC1C[CH]OC1. The molecule has 0 amide bonds. The highest BCUT2D eigenvalue weighted by Gasteiger charge is 2.13. The summed E-state index contributed by atoms with van der Waals surface area (Å²) in [6.07, 6.45) is 0.913. The van der Waals surface area contributed by atoms with Crippen LogP contribution in [0.15, 0.2) is 0 Å². The van der Waals surface area contributed by atoms with Gasteiger partial charge in [-0.2, -0.15) is 0 Å². The molecule has 2 nitrogen and oxygen atoms in total. The van der Waals surface area contributed by atoms with Crippen molar-refractivity contribution >= 4 is 0 Å². The van der Waals surface area contributed by atoms with Crippen LogP contribution < -0.4 is 0 Å². The first kappa shape index (κ1) is 5.06. The first-order valence-corrected chi connectivity index (χ1v) is 2.47. The van der Waals surface area contributed by atoms with Crippen molar-refractivity contribution in [2.75, 3.05) is 13.2 Å². The highest BCUT2D eigenvalue weighted by atomic mass is 16.5. The standard InChI is InChI=1S/C5H9O2/c6-3-5-1-2-7-4-5/h2,5-6H,1,3-4H2. The predicted molar refractivity (Wildman–Crippen MR) is 25.4 cm³/mol. The van der Waals surface area contributed by atoms with Crippen molar-refractivity contribution in [2.45, 2.75) is 6.42 Å². The van der Waals surface area contributed by atoms with Crippen molar-refractivity contribution in [2.24, 2.45) is 5.92 Å². The van der Waals surface area contributed by atoms with E-state index in [1.165, 1.54) is 0 Å². The fourth-order valence-corrected chi connectivity index (χ4v) is 0.604. The fraction of sp³-hybridized carbons (Fsp3) is 0.800. The molecule has 1 saturated heterocycles. The Morgan fingerprint density at radius 1 is 1.86 bits per heavy atom. The molecule has 1 unspecified atom stereocenters. The zero-order valence-corrected chi connectivity index (χ0v) is 4.13. The summed E-state index contributed by atoms with van der Waals surface area (Å²) in [4.78, 5) is 0. The number of aliphatic hydroxyl groups excluding tert-OH is 1. The van der Waals surface area contributed by atoms with Crippen LogP contribution in [-0.2, 0) is 4.74 Å². The largest absolute Gasteiger partial charge is 0.396 e. The second-order valence-electron chi connectivity index (χ2n) is 1.78. The monoisotopic (exact) mass is 101 g/mol. The Bertz CT molecular complexity index is 48.0. The van der Waals surface area contributed by atoms with E-state index in [1.54, 1.807) is 6.61 Å². The van der Waals surface area contributed by atoms with E-state index in [1.807, 2.05) is 0 Å². The Morgan fingerprint density at radius 2 is 2.71 bits per heavy atom. The third-order valence-corrected chi connectivity index (χ3v) is 1.14. The quantitative estimate of drug-likeness (QED) is 0.510. The van der Waals surface area contributed by atoms with Gasteiger partial charge in [-0.05, 0) is 6.42 Å². The minimum atomic E-state index is 0.260. The van der Waals surface area contributed by atoms with E-state index in [-0.39, 0.29) is 6.61 Å². The lowest BCUT2D eigenvalue weighted by molar-refractivity contribution is 0.182. The highest BCUT2D eigenvalue weighted by Crippen LogP contribution is 2.13. The topological polar surface area (TPSA) is 29.5 Å². The van der Waals surface area contributed by atoms with Crippen LogP contribution in [-0.4, -0.2) is 18.3 Å². The van der Waals surface area contributed by atoms with Gasteiger partial charge in [0.2, 0.25) is 0 Å². The van der Waals surface area contributed by atoms with Crippen LogP contribution in [0.3, 0.4) is 0 Å². The number of hydrogen-bond acceptors (Lipinski definition) is 2. The lowest BCUT2D eigenvalue weighted by atomic mass is 10.1. The van der Waals surface area contributed by atoms with Gasteiger partial charge >= 0.3 is 0 Å². The zero-order valence-electron chi connectivity index (χ0n) is 4.13. The minimum absolute atomic E-state index is 0.260. The lowest BCUT2D eigenvalue weighted by Crippen LogP contribution is -2.03. The molecule has 1 aliphatic rings. The number of ether oxygens (including phenoxy) is 1. The molecule has 41 valence electrons. The maximum absolute atomic E-state index is 8.47. The van der Waals surface area contributed by atoms with Gasteiger partial charge in [0.15, 0.2) is 0 Å². The lowest BCUT2D eigenvalue weighted by Gasteiger charge is -1.96. The molecule has 1 rings (SSSR count). The van der Waals surface area contributed by atoms with Crippen LogP contribution in [0.1, 0.15) is 6.42 Å². The molecule has 0 aromatic heterocycles. The molecule has 0 bridgehead atoms. The number of hydrogen-bond donors (Lipinski definition) is 1. The molecule has 2 heteroatoms. The summed E-state index contributed by atoms with van der Waals surface area (Å²) >= 11 is 0. The summed E-state index contributed by atoms with van der Waals surface area (Å²) in [6, 6.07) is 0. The smallest absolute Gasteiger partial charge is 0.0841 e. The third kappa shape index (κ3) is 1.14. The van der Waals surface area contributed by atoms with Crippen molar-refractivity contribution in [3.8, 4) is 0 Å². The van der Waals surface area contributed by atoms with E-state index >= 15 is 0 Å². The fourth-order valence-electron chi connectivity index (χ4n) is 0.604. The Balaban J connectivity index is 2.14. The van der Waals surface area contributed by atoms with Gasteiger partial charge in [0.05, 0.1) is 13.2 Å². The van der Waals surface area contributed by atoms with E-state index < -0.39 is 0 Å². The second kappa shape index (κ2) is 2.28. The number of rotatable bonds is 1. The van der Waals surface area contributed by atoms with Crippen molar-refractivity contribution in [3.05, 3.63) is 6.61 Å². The van der Waals surface area contributed by atoms with Crippen LogP contribution in [0.2, 0.25) is 0 Å². The van der Waals surface area contributed by atoms with Gasteiger partial charge in [-0.25, -0.2) is 0 Å². The molecule has 1 atom stereocenters. The Hall–Kier alpha value is -0.0800. The van der Waals surface area contributed by atoms with Gasteiger partial charge in [-0.15, -0.1) is 0 Å². The average Bonchev–Trinajstić information content (AvgIpc) is 2.14. The zero-order chi connectivity index (χ0) is 5.11. The molecule has 7 heavy (non-hydrogen) atoms. The van der Waals surface area contributed by atoms with E-state index in [0.717, 1.165) is 6.42 Å². The number of aliphatic hydroxyl groups is 1. The third-order valence-electron chi connectivity index (χ3n) is 1.14. The van der Waals surface area contributed by atoms with Gasteiger partial charge in [0, 0.05) is 12.5 Å². The van der Waals surface area contributed by atoms with E-state index in [2.05, 4.69) is 0 Å². The van der Waals surface area contributed by atoms with E-state index in [9.17, 15) is 0 Å². The molecule has 0 aromatic carbocycles. The van der Waals surface area contributed by atoms with Gasteiger partial charge < -0.3 is 9.84 Å². The molecule has 0 spiro atoms. The summed E-state index contributed by atoms with van der Waals surface area (Å²) < 4.78 is 4.86. The van der Waals surface area contributed by atoms with Crippen molar-refractivity contribution < 1.29 is 9.84 Å². The average molecular weight is 101 g/mol. The van der Waals surface area contributed by atoms with E-state index in [4.69, 9.17) is 9.84 Å². The maximum atomic E-state index is 8.47. The van der Waals surface area contributed by atoms with E-state index in [0.29, 0.717) is 12.5 Å². The molecular weight excluding hydrogens is 92.1 g/mol. The molecule has 1 radical (unpaired) electrons. The van der Waals surface area contributed by atoms with Crippen molar-refractivity contribution in [1.82, 2.24) is 0 Å². The van der Waals surface area contributed by atoms with Crippen LogP contribution in [0.5, 0.6) is 0 Å². The van der Waals surface area contributed by atoms with Gasteiger partial charge in [0.1, 0.15) is 0 Å². The molecule has 1 aliphatic heterocycles. The summed E-state index contributed by atoms with van der Waals surface area (Å²) in [5.41, 5.74) is 0. The first-order valence-electron chi connectivity index (χ1n) is 2.47. The van der Waals surface area contributed by atoms with Gasteiger partial charge in [0.25, 0.3) is 0 Å².